The number of pyridine rings is 1. The summed E-state index contributed by atoms with van der Waals surface area (Å²) in [6.45, 7) is 3.60. The van der Waals surface area contributed by atoms with Gasteiger partial charge in [-0.25, -0.2) is 4.98 Å². The molecule has 0 spiro atoms. The van der Waals surface area contributed by atoms with E-state index >= 15 is 0 Å². The molecule has 4 nitrogen and oxygen atoms in total. The molecule has 1 aromatic heterocycles. The van der Waals surface area contributed by atoms with Crippen LogP contribution < -0.4 is 4.90 Å². The average molecular weight is 201 g/mol. The van der Waals surface area contributed by atoms with Gasteiger partial charge in [-0.2, -0.15) is 5.26 Å². The summed E-state index contributed by atoms with van der Waals surface area (Å²) >= 11 is 0. The molecule has 0 unspecified atom stereocenters. The Morgan fingerprint density at radius 2 is 2.07 bits per heavy atom. The minimum atomic E-state index is 0.648. The van der Waals surface area contributed by atoms with Gasteiger partial charge in [0.25, 0.3) is 0 Å². The van der Waals surface area contributed by atoms with Crippen LogP contribution in [0.4, 0.5) is 5.82 Å². The predicted molar refractivity (Wildman–Crippen MR) is 58.1 cm³/mol. The molecule has 4 heteroatoms. The van der Waals surface area contributed by atoms with Crippen LogP contribution in [-0.2, 0) is 0 Å². The van der Waals surface area contributed by atoms with E-state index in [-0.39, 0.29) is 0 Å². The zero-order valence-corrected chi connectivity index (χ0v) is 8.56. The van der Waals surface area contributed by atoms with E-state index in [0.717, 1.165) is 32.0 Å². The van der Waals surface area contributed by atoms with Gasteiger partial charge in [0.2, 0.25) is 0 Å². The molecule has 0 amide bonds. The zero-order chi connectivity index (χ0) is 10.7. The molecular formula is C11H13N4. The molecular weight excluding hydrogens is 188 g/mol. The molecule has 1 aliphatic rings. The Morgan fingerprint density at radius 1 is 1.33 bits per heavy atom. The number of hydrogen-bond donors (Lipinski definition) is 0. The van der Waals surface area contributed by atoms with Crippen LogP contribution in [0.15, 0.2) is 18.3 Å². The smallest absolute Gasteiger partial charge is 0.146 e. The number of piperazine rings is 1. The lowest BCUT2D eigenvalue weighted by molar-refractivity contribution is 0.343. The van der Waals surface area contributed by atoms with Crippen LogP contribution in [0.2, 0.25) is 0 Å². The molecule has 0 N–H and O–H groups in total. The van der Waals surface area contributed by atoms with Crippen LogP contribution in [0.5, 0.6) is 0 Å². The fourth-order valence-electron chi connectivity index (χ4n) is 1.70. The fourth-order valence-corrected chi connectivity index (χ4v) is 1.70. The normalized spacial score (nSPS) is 17.5. The third-order valence-corrected chi connectivity index (χ3v) is 2.58. The lowest BCUT2D eigenvalue weighted by atomic mass is 10.2. The first-order chi connectivity index (χ1) is 7.31. The van der Waals surface area contributed by atoms with Crippen LogP contribution in [0.3, 0.4) is 0 Å². The monoisotopic (exact) mass is 201 g/mol. The second-order valence-corrected chi connectivity index (χ2v) is 3.59. The van der Waals surface area contributed by atoms with Gasteiger partial charge in [0, 0.05) is 39.4 Å². The highest BCUT2D eigenvalue weighted by atomic mass is 15.3. The van der Waals surface area contributed by atoms with E-state index < -0.39 is 0 Å². The maximum absolute atomic E-state index is 8.96. The number of hydrogen-bond acceptors (Lipinski definition) is 4. The van der Waals surface area contributed by atoms with E-state index in [4.69, 9.17) is 5.26 Å². The van der Waals surface area contributed by atoms with Crippen molar-refractivity contribution in [2.45, 2.75) is 0 Å². The molecule has 0 atom stereocenters. The Bertz CT molecular complexity index is 374. The maximum atomic E-state index is 8.96. The highest BCUT2D eigenvalue weighted by Gasteiger charge is 2.17. The van der Waals surface area contributed by atoms with Crippen LogP contribution in [0.25, 0.3) is 0 Å². The molecule has 2 heterocycles. The summed E-state index contributed by atoms with van der Waals surface area (Å²) in [7, 11) is 3.89. The summed E-state index contributed by atoms with van der Waals surface area (Å²) < 4.78 is 0. The lowest BCUT2D eigenvalue weighted by Crippen LogP contribution is -2.44. The third-order valence-electron chi connectivity index (χ3n) is 2.58. The van der Waals surface area contributed by atoms with Crippen LogP contribution in [0.1, 0.15) is 5.56 Å². The molecule has 1 aliphatic heterocycles. The first kappa shape index (κ1) is 9.94. The van der Waals surface area contributed by atoms with Gasteiger partial charge in [-0.3, -0.25) is 4.90 Å². The van der Waals surface area contributed by atoms with Crippen molar-refractivity contribution in [3.63, 3.8) is 0 Å². The molecule has 1 aromatic rings. The highest BCUT2D eigenvalue weighted by molar-refractivity contribution is 5.53. The molecule has 77 valence electrons. The quantitative estimate of drug-likeness (QED) is 0.676. The Hall–Kier alpha value is -1.60. The van der Waals surface area contributed by atoms with Crippen LogP contribution >= 0.6 is 0 Å². The second-order valence-electron chi connectivity index (χ2n) is 3.59. The molecule has 0 aromatic carbocycles. The molecule has 2 rings (SSSR count). The fraction of sp³-hybridized carbons (Fsp3) is 0.364. The number of anilines is 1. The second kappa shape index (κ2) is 4.28. The first-order valence-electron chi connectivity index (χ1n) is 4.97. The van der Waals surface area contributed by atoms with E-state index in [1.807, 2.05) is 4.90 Å². The lowest BCUT2D eigenvalue weighted by Gasteiger charge is -2.33. The molecule has 1 saturated heterocycles. The van der Waals surface area contributed by atoms with Gasteiger partial charge in [-0.05, 0) is 12.1 Å². The largest absolute Gasteiger partial charge is 0.353 e. The van der Waals surface area contributed by atoms with Crippen LogP contribution in [-0.4, -0.2) is 36.1 Å². The minimum absolute atomic E-state index is 0.648. The van der Waals surface area contributed by atoms with E-state index in [9.17, 15) is 0 Å². The highest BCUT2D eigenvalue weighted by Crippen LogP contribution is 2.17. The van der Waals surface area contributed by atoms with Gasteiger partial charge in [-0.15, -0.1) is 0 Å². The summed E-state index contributed by atoms with van der Waals surface area (Å²) in [6.07, 6.45) is 1.73. The maximum Gasteiger partial charge on any atom is 0.146 e. The van der Waals surface area contributed by atoms with Crippen molar-refractivity contribution >= 4 is 5.82 Å². The van der Waals surface area contributed by atoms with Gasteiger partial charge < -0.3 is 4.90 Å². The standard InChI is InChI=1S/C11H13N4/c1-14-5-7-15(8-6-14)11-10(9-12)3-2-4-13-11/h2-4H,1,5-8H2. The molecule has 0 saturated carbocycles. The van der Waals surface area contributed by atoms with Crippen molar-refractivity contribution in [3.05, 3.63) is 30.9 Å². The van der Waals surface area contributed by atoms with E-state index in [2.05, 4.69) is 23.0 Å². The number of nitriles is 1. The van der Waals surface area contributed by atoms with Gasteiger partial charge in [-0.1, -0.05) is 0 Å². The molecule has 15 heavy (non-hydrogen) atoms. The molecule has 0 bridgehead atoms. The van der Waals surface area contributed by atoms with Gasteiger partial charge in [0.1, 0.15) is 11.9 Å². The van der Waals surface area contributed by atoms with Crippen molar-refractivity contribution in [3.8, 4) is 6.07 Å². The van der Waals surface area contributed by atoms with Crippen molar-refractivity contribution < 1.29 is 0 Å². The first-order valence-corrected chi connectivity index (χ1v) is 4.97. The Labute approximate surface area is 89.7 Å². The third kappa shape index (κ3) is 2.08. The Morgan fingerprint density at radius 3 is 2.73 bits per heavy atom. The topological polar surface area (TPSA) is 43.2 Å². The summed E-state index contributed by atoms with van der Waals surface area (Å²) in [5.74, 6) is 0.799. The number of aromatic nitrogens is 1. The van der Waals surface area contributed by atoms with E-state index in [1.54, 1.807) is 18.3 Å². The number of rotatable bonds is 1. The minimum Gasteiger partial charge on any atom is -0.353 e. The molecule has 1 fully saturated rings. The van der Waals surface area contributed by atoms with E-state index in [1.165, 1.54) is 0 Å². The molecule has 0 aliphatic carbocycles. The average Bonchev–Trinajstić information content (AvgIpc) is 2.30. The summed E-state index contributed by atoms with van der Waals surface area (Å²) in [5, 5.41) is 8.96. The predicted octanol–water partition coefficient (Wildman–Crippen LogP) is 0.867. The van der Waals surface area contributed by atoms with Crippen molar-refractivity contribution in [1.82, 2.24) is 9.88 Å². The SMILES string of the molecule is [CH2]N1CCN(c2ncccc2C#N)CC1. The van der Waals surface area contributed by atoms with Gasteiger partial charge >= 0.3 is 0 Å². The number of nitrogens with zero attached hydrogens (tertiary/aromatic N) is 4. The van der Waals surface area contributed by atoms with Gasteiger partial charge in [0.05, 0.1) is 5.56 Å². The van der Waals surface area contributed by atoms with Crippen molar-refractivity contribution in [2.75, 3.05) is 31.1 Å². The van der Waals surface area contributed by atoms with Crippen molar-refractivity contribution in [2.24, 2.45) is 0 Å². The van der Waals surface area contributed by atoms with Gasteiger partial charge in [0.15, 0.2) is 0 Å². The van der Waals surface area contributed by atoms with E-state index in [0.29, 0.717) is 5.56 Å². The Kier molecular flexibility index (Phi) is 2.84. The summed E-state index contributed by atoms with van der Waals surface area (Å²) in [6, 6.07) is 5.77. The summed E-state index contributed by atoms with van der Waals surface area (Å²) in [5.41, 5.74) is 0.648. The summed E-state index contributed by atoms with van der Waals surface area (Å²) in [4.78, 5) is 8.44. The van der Waals surface area contributed by atoms with Crippen LogP contribution in [0, 0.1) is 18.4 Å². The van der Waals surface area contributed by atoms with Crippen molar-refractivity contribution in [1.29, 1.82) is 5.26 Å². The zero-order valence-electron chi connectivity index (χ0n) is 8.56. The molecule has 1 radical (unpaired) electrons. The Balaban J connectivity index is 2.19.